The molecule has 0 aliphatic carbocycles. The number of hydrogen-bond donors (Lipinski definition) is 0. The second kappa shape index (κ2) is 5.05. The van der Waals surface area contributed by atoms with E-state index in [-0.39, 0.29) is 17.4 Å². The summed E-state index contributed by atoms with van der Waals surface area (Å²) in [6, 6.07) is 4.19. The Morgan fingerprint density at radius 2 is 2.09 bits per heavy atom. The van der Waals surface area contributed by atoms with E-state index in [0.29, 0.717) is 18.5 Å². The van der Waals surface area contributed by atoms with Gasteiger partial charge in [0, 0.05) is 19.2 Å². The summed E-state index contributed by atoms with van der Waals surface area (Å²) in [5.41, 5.74) is -0.109. The first-order valence-electron chi connectivity index (χ1n) is 6.57. The third-order valence-electron chi connectivity index (χ3n) is 3.49. The lowest BCUT2D eigenvalue weighted by Crippen LogP contribution is -2.38. The van der Waals surface area contributed by atoms with Crippen molar-refractivity contribution in [3.05, 3.63) is 40.2 Å². The van der Waals surface area contributed by atoms with Crippen molar-refractivity contribution in [1.29, 1.82) is 0 Å². The largest absolute Gasteiger partial charge is 0.290 e. The van der Waals surface area contributed by atoms with Crippen LogP contribution in [0.1, 0.15) is 12.0 Å². The van der Waals surface area contributed by atoms with E-state index in [4.69, 9.17) is 0 Å². The number of aromatic nitrogens is 3. The lowest BCUT2D eigenvalue weighted by molar-refractivity contribution is -0.387. The zero-order chi connectivity index (χ0) is 15.9. The van der Waals surface area contributed by atoms with Gasteiger partial charge < -0.3 is 0 Å². The number of nitro benzene ring substituents is 1. The Bertz CT molecular complexity index is 845. The molecule has 22 heavy (non-hydrogen) atoms. The molecule has 0 amide bonds. The Hall–Kier alpha value is -2.49. The number of nitro groups is 1. The van der Waals surface area contributed by atoms with Crippen LogP contribution in [-0.2, 0) is 16.6 Å². The highest BCUT2D eigenvalue weighted by Gasteiger charge is 2.36. The first-order valence-corrected chi connectivity index (χ1v) is 8.01. The summed E-state index contributed by atoms with van der Waals surface area (Å²) < 4.78 is 28.4. The average molecular weight is 323 g/mol. The van der Waals surface area contributed by atoms with Gasteiger partial charge in [0.2, 0.25) is 5.95 Å². The smallest absolute Gasteiger partial charge is 0.258 e. The molecular weight excluding hydrogens is 310 g/mol. The van der Waals surface area contributed by atoms with Gasteiger partial charge in [0.15, 0.2) is 4.90 Å². The Balaban J connectivity index is 2.20. The van der Waals surface area contributed by atoms with E-state index < -0.39 is 20.6 Å². The molecule has 1 aliphatic rings. The monoisotopic (exact) mass is 323 g/mol. The molecule has 0 spiro atoms. The minimum absolute atomic E-state index is 0.184. The van der Waals surface area contributed by atoms with Crippen LogP contribution in [0.4, 0.5) is 11.6 Å². The van der Waals surface area contributed by atoms with Gasteiger partial charge in [-0.25, -0.2) is 17.4 Å². The topological polar surface area (TPSA) is 111 Å². The van der Waals surface area contributed by atoms with Gasteiger partial charge in [0.05, 0.1) is 4.92 Å². The number of aryl methyl sites for hydroxylation is 2. The molecule has 116 valence electrons. The van der Waals surface area contributed by atoms with Crippen LogP contribution >= 0.6 is 0 Å². The third-order valence-corrected chi connectivity index (χ3v) is 5.46. The van der Waals surface area contributed by atoms with Gasteiger partial charge in [-0.15, -0.1) is 0 Å². The van der Waals surface area contributed by atoms with Crippen molar-refractivity contribution in [1.82, 2.24) is 14.8 Å². The van der Waals surface area contributed by atoms with Crippen LogP contribution in [0.3, 0.4) is 0 Å². The van der Waals surface area contributed by atoms with Crippen LogP contribution in [0.2, 0.25) is 0 Å². The summed E-state index contributed by atoms with van der Waals surface area (Å²) in [7, 11) is -4.08. The molecule has 0 radical (unpaired) electrons. The Kier molecular flexibility index (Phi) is 3.32. The van der Waals surface area contributed by atoms with Crippen molar-refractivity contribution in [2.24, 2.45) is 0 Å². The SMILES string of the molecule is Cc1cccc([N+](=O)[O-])c1S(=O)(=O)N1CCCn2ncnc21. The molecule has 0 N–H and O–H groups in total. The summed E-state index contributed by atoms with van der Waals surface area (Å²) in [6.07, 6.45) is 1.84. The molecule has 0 atom stereocenters. The molecule has 3 rings (SSSR count). The highest BCUT2D eigenvalue weighted by Crippen LogP contribution is 2.32. The third kappa shape index (κ3) is 2.11. The normalized spacial score (nSPS) is 14.7. The van der Waals surface area contributed by atoms with E-state index in [2.05, 4.69) is 10.1 Å². The highest BCUT2D eigenvalue weighted by atomic mass is 32.2. The summed E-state index contributed by atoms with van der Waals surface area (Å²) in [6.45, 7) is 2.32. The molecular formula is C12H13N5O4S. The number of sulfonamides is 1. The minimum atomic E-state index is -4.08. The molecule has 0 unspecified atom stereocenters. The number of hydrogen-bond acceptors (Lipinski definition) is 6. The Labute approximate surface area is 126 Å². The molecule has 1 aromatic carbocycles. The second-order valence-corrected chi connectivity index (χ2v) is 6.69. The van der Waals surface area contributed by atoms with Gasteiger partial charge in [-0.05, 0) is 18.9 Å². The van der Waals surface area contributed by atoms with Crippen molar-refractivity contribution < 1.29 is 13.3 Å². The summed E-state index contributed by atoms with van der Waals surface area (Å²) in [5, 5.41) is 15.1. The number of anilines is 1. The maximum atomic E-state index is 12.9. The van der Waals surface area contributed by atoms with Crippen molar-refractivity contribution >= 4 is 21.7 Å². The van der Waals surface area contributed by atoms with Gasteiger partial charge in [-0.3, -0.25) is 10.1 Å². The van der Waals surface area contributed by atoms with Crippen LogP contribution < -0.4 is 4.31 Å². The van der Waals surface area contributed by atoms with E-state index in [0.717, 1.165) is 4.31 Å². The van der Waals surface area contributed by atoms with Crippen LogP contribution in [-0.4, -0.2) is 34.7 Å². The van der Waals surface area contributed by atoms with Gasteiger partial charge in [0.25, 0.3) is 15.7 Å². The maximum absolute atomic E-state index is 12.9. The van der Waals surface area contributed by atoms with Crippen LogP contribution in [0.5, 0.6) is 0 Å². The van der Waals surface area contributed by atoms with Gasteiger partial charge >= 0.3 is 0 Å². The molecule has 0 saturated carbocycles. The van der Waals surface area contributed by atoms with Gasteiger partial charge in [-0.2, -0.15) is 10.1 Å². The number of nitrogens with zero attached hydrogens (tertiary/aromatic N) is 5. The van der Waals surface area contributed by atoms with Crippen LogP contribution in [0, 0.1) is 17.0 Å². The molecule has 1 aliphatic heterocycles. The first-order chi connectivity index (χ1) is 10.4. The summed E-state index contributed by atoms with van der Waals surface area (Å²) in [4.78, 5) is 14.2. The Morgan fingerprint density at radius 1 is 1.32 bits per heavy atom. The maximum Gasteiger partial charge on any atom is 0.290 e. The van der Waals surface area contributed by atoms with E-state index in [1.54, 1.807) is 0 Å². The fourth-order valence-electron chi connectivity index (χ4n) is 2.53. The lowest BCUT2D eigenvalue weighted by Gasteiger charge is -2.27. The predicted molar refractivity (Wildman–Crippen MR) is 77.0 cm³/mol. The number of rotatable bonds is 3. The molecule has 2 heterocycles. The van der Waals surface area contributed by atoms with Crippen LogP contribution in [0.15, 0.2) is 29.4 Å². The zero-order valence-electron chi connectivity index (χ0n) is 11.7. The van der Waals surface area contributed by atoms with Crippen molar-refractivity contribution in [3.8, 4) is 0 Å². The van der Waals surface area contributed by atoms with Crippen LogP contribution in [0.25, 0.3) is 0 Å². The van der Waals surface area contributed by atoms with Crippen molar-refractivity contribution in [3.63, 3.8) is 0 Å². The van der Waals surface area contributed by atoms with E-state index in [1.165, 1.54) is 36.1 Å². The van der Waals surface area contributed by atoms with E-state index in [1.807, 2.05) is 0 Å². The second-order valence-electron chi connectivity index (χ2n) is 4.89. The lowest BCUT2D eigenvalue weighted by atomic mass is 10.2. The van der Waals surface area contributed by atoms with Gasteiger partial charge in [-0.1, -0.05) is 12.1 Å². The Morgan fingerprint density at radius 3 is 2.82 bits per heavy atom. The summed E-state index contributed by atoms with van der Waals surface area (Å²) >= 11 is 0. The highest BCUT2D eigenvalue weighted by molar-refractivity contribution is 7.93. The van der Waals surface area contributed by atoms with Crippen molar-refractivity contribution in [2.75, 3.05) is 10.8 Å². The molecule has 0 fully saturated rings. The molecule has 9 nitrogen and oxygen atoms in total. The van der Waals surface area contributed by atoms with E-state index >= 15 is 0 Å². The van der Waals surface area contributed by atoms with E-state index in [9.17, 15) is 18.5 Å². The fraction of sp³-hybridized carbons (Fsp3) is 0.333. The first kappa shape index (κ1) is 14.4. The molecule has 0 bridgehead atoms. The predicted octanol–water partition coefficient (Wildman–Crippen LogP) is 1.09. The van der Waals surface area contributed by atoms with Crippen molar-refractivity contribution in [2.45, 2.75) is 24.8 Å². The number of fused-ring (bicyclic) bond motifs is 1. The minimum Gasteiger partial charge on any atom is -0.258 e. The standard InChI is InChI=1S/C12H13N5O4S/c1-9-4-2-5-10(17(18)19)11(9)22(20,21)16-7-3-6-15-12(16)13-8-14-15/h2,4-5,8H,3,6-7H2,1H3. The molecule has 1 aromatic heterocycles. The molecule has 0 saturated heterocycles. The fourth-order valence-corrected chi connectivity index (χ4v) is 4.36. The average Bonchev–Trinajstić information content (AvgIpc) is 2.94. The quantitative estimate of drug-likeness (QED) is 0.617. The summed E-state index contributed by atoms with van der Waals surface area (Å²) in [5.74, 6) is 0.184. The molecule has 10 heteroatoms. The zero-order valence-corrected chi connectivity index (χ0v) is 12.5. The number of benzene rings is 1. The van der Waals surface area contributed by atoms with Gasteiger partial charge in [0.1, 0.15) is 6.33 Å². The molecule has 2 aromatic rings.